The van der Waals surface area contributed by atoms with Gasteiger partial charge in [-0.1, -0.05) is 6.08 Å². The molecule has 0 bridgehead atoms. The van der Waals surface area contributed by atoms with Crippen LogP contribution in [0.4, 0.5) is 0 Å². The van der Waals surface area contributed by atoms with E-state index in [1.54, 1.807) is 0 Å². The average molecular weight is 506 g/mol. The third-order valence-electron chi connectivity index (χ3n) is 3.45. The molecule has 0 aliphatic carbocycles. The van der Waals surface area contributed by atoms with E-state index >= 15 is 0 Å². The van der Waals surface area contributed by atoms with E-state index in [-0.39, 0.29) is 24.0 Å². The van der Waals surface area contributed by atoms with E-state index in [0.29, 0.717) is 6.54 Å². The van der Waals surface area contributed by atoms with Crippen LogP contribution in [0.5, 0.6) is 0 Å². The van der Waals surface area contributed by atoms with E-state index in [4.69, 9.17) is 4.99 Å². The molecule has 24 heavy (non-hydrogen) atoms. The molecule has 132 valence electrons. The van der Waals surface area contributed by atoms with E-state index in [1.165, 1.54) is 0 Å². The van der Waals surface area contributed by atoms with Crippen LogP contribution in [-0.4, -0.2) is 40.4 Å². The molecule has 0 radical (unpaired) electrons. The highest BCUT2D eigenvalue weighted by atomic mass is 127. The number of guanidine groups is 1. The molecule has 0 atom stereocenters. The number of pyridine rings is 1. The number of hydrogen-bond donors (Lipinski definition) is 1. The molecule has 0 amide bonds. The van der Waals surface area contributed by atoms with Crippen molar-refractivity contribution in [1.29, 1.82) is 0 Å². The number of nitrogens with one attached hydrogen (secondary N) is 1. The molecular formula is C17H25BrIN5. The first-order chi connectivity index (χ1) is 11.1. The number of fused-ring (bicyclic) bond motifs is 1. The fraction of sp³-hybridized carbons (Fsp3) is 0.412. The van der Waals surface area contributed by atoms with Crippen molar-refractivity contribution in [3.8, 4) is 0 Å². The summed E-state index contributed by atoms with van der Waals surface area (Å²) in [6, 6.07) is 3.98. The van der Waals surface area contributed by atoms with Gasteiger partial charge in [0.2, 0.25) is 0 Å². The predicted molar refractivity (Wildman–Crippen MR) is 115 cm³/mol. The van der Waals surface area contributed by atoms with Crippen molar-refractivity contribution < 1.29 is 0 Å². The van der Waals surface area contributed by atoms with E-state index in [1.807, 2.05) is 35.0 Å². The number of aliphatic imine (C=N–C) groups is 1. The molecule has 0 fully saturated rings. The van der Waals surface area contributed by atoms with E-state index in [9.17, 15) is 0 Å². The maximum Gasteiger partial charge on any atom is 0.194 e. The lowest BCUT2D eigenvalue weighted by Gasteiger charge is -2.21. The number of rotatable bonds is 7. The van der Waals surface area contributed by atoms with Crippen molar-refractivity contribution >= 4 is 51.5 Å². The minimum Gasteiger partial charge on any atom is -0.357 e. The van der Waals surface area contributed by atoms with Crippen molar-refractivity contribution in [2.24, 2.45) is 4.99 Å². The third kappa shape index (κ3) is 6.08. The van der Waals surface area contributed by atoms with Gasteiger partial charge in [0.25, 0.3) is 0 Å². The molecule has 2 aromatic rings. The summed E-state index contributed by atoms with van der Waals surface area (Å²) in [5.74, 6) is 0.912. The minimum atomic E-state index is 0. The molecule has 5 nitrogen and oxygen atoms in total. The van der Waals surface area contributed by atoms with Gasteiger partial charge in [0.1, 0.15) is 5.65 Å². The van der Waals surface area contributed by atoms with Crippen molar-refractivity contribution in [3.05, 3.63) is 47.3 Å². The van der Waals surface area contributed by atoms with Crippen LogP contribution in [-0.2, 0) is 6.54 Å². The summed E-state index contributed by atoms with van der Waals surface area (Å²) >= 11 is 3.47. The number of nitrogens with zero attached hydrogens (tertiary/aromatic N) is 4. The maximum atomic E-state index is 4.70. The maximum absolute atomic E-state index is 4.70. The molecule has 2 aromatic heterocycles. The quantitative estimate of drug-likeness (QED) is 0.203. The Bertz CT molecular complexity index is 683. The molecule has 2 heterocycles. The lowest BCUT2D eigenvalue weighted by Crippen LogP contribution is -2.39. The number of halogens is 2. The van der Waals surface area contributed by atoms with Gasteiger partial charge in [-0.2, -0.15) is 0 Å². The molecule has 0 unspecified atom stereocenters. The Morgan fingerprint density at radius 1 is 1.46 bits per heavy atom. The number of aromatic nitrogens is 2. The van der Waals surface area contributed by atoms with Gasteiger partial charge >= 0.3 is 0 Å². The van der Waals surface area contributed by atoms with Crippen LogP contribution >= 0.6 is 39.9 Å². The summed E-state index contributed by atoms with van der Waals surface area (Å²) in [6.45, 7) is 8.21. The van der Waals surface area contributed by atoms with Gasteiger partial charge in [0.15, 0.2) is 5.96 Å². The molecule has 1 N–H and O–H groups in total. The second-order valence-corrected chi connectivity index (χ2v) is 6.28. The first-order valence-electron chi connectivity index (χ1n) is 7.87. The Hall–Kier alpha value is -1.09. The molecule has 0 saturated heterocycles. The molecule has 0 spiro atoms. The van der Waals surface area contributed by atoms with Gasteiger partial charge < -0.3 is 14.6 Å². The Morgan fingerprint density at radius 3 is 2.96 bits per heavy atom. The lowest BCUT2D eigenvalue weighted by molar-refractivity contribution is 0.470. The summed E-state index contributed by atoms with van der Waals surface area (Å²) in [4.78, 5) is 11.4. The van der Waals surface area contributed by atoms with Gasteiger partial charge in [-0.05, 0) is 47.8 Å². The van der Waals surface area contributed by atoms with Crippen LogP contribution in [0.1, 0.15) is 25.5 Å². The molecule has 0 saturated carbocycles. The van der Waals surface area contributed by atoms with Crippen LogP contribution in [0, 0.1) is 0 Å². The van der Waals surface area contributed by atoms with Gasteiger partial charge in [0, 0.05) is 37.0 Å². The summed E-state index contributed by atoms with van der Waals surface area (Å²) < 4.78 is 3.04. The van der Waals surface area contributed by atoms with Gasteiger partial charge in [-0.25, -0.2) is 9.98 Å². The van der Waals surface area contributed by atoms with Crippen LogP contribution in [0.15, 0.2) is 46.6 Å². The SMILES string of the molecule is C=CCCCN(C)C(=NCc1cn2cc(Br)ccc2n1)NCC.I. The molecular weight excluding hydrogens is 481 g/mol. The van der Waals surface area contributed by atoms with Gasteiger partial charge in [-0.15, -0.1) is 30.6 Å². The summed E-state index contributed by atoms with van der Waals surface area (Å²) in [5, 5.41) is 3.33. The Kier molecular flexibility index (Phi) is 9.35. The average Bonchev–Trinajstić information content (AvgIpc) is 2.93. The number of hydrogen-bond acceptors (Lipinski definition) is 2. The molecule has 2 rings (SSSR count). The fourth-order valence-electron chi connectivity index (χ4n) is 2.30. The zero-order valence-corrected chi connectivity index (χ0v) is 18.1. The standard InChI is InChI=1S/C17H24BrN5.HI/c1-4-6-7-10-22(3)17(19-5-2)20-11-15-13-23-12-14(18)8-9-16(23)21-15;/h4,8-9,12-13H,1,5-7,10-11H2,2-3H3,(H,19,20);1H. The summed E-state index contributed by atoms with van der Waals surface area (Å²) in [5.41, 5.74) is 1.89. The van der Waals surface area contributed by atoms with Crippen LogP contribution in [0.25, 0.3) is 5.65 Å². The highest BCUT2D eigenvalue weighted by Crippen LogP contribution is 2.13. The highest BCUT2D eigenvalue weighted by molar-refractivity contribution is 14.0. The second-order valence-electron chi connectivity index (χ2n) is 5.37. The third-order valence-corrected chi connectivity index (χ3v) is 3.92. The normalized spacial score (nSPS) is 11.2. The molecule has 0 aromatic carbocycles. The molecule has 0 aliphatic heterocycles. The van der Waals surface area contributed by atoms with E-state index < -0.39 is 0 Å². The van der Waals surface area contributed by atoms with Crippen molar-refractivity contribution in [2.75, 3.05) is 20.1 Å². The number of unbranched alkanes of at least 4 members (excludes halogenated alkanes) is 1. The Morgan fingerprint density at radius 2 is 2.25 bits per heavy atom. The summed E-state index contributed by atoms with van der Waals surface area (Å²) in [7, 11) is 2.06. The first-order valence-corrected chi connectivity index (χ1v) is 8.66. The van der Waals surface area contributed by atoms with Crippen molar-refractivity contribution in [1.82, 2.24) is 19.6 Å². The monoisotopic (exact) mass is 505 g/mol. The van der Waals surface area contributed by atoms with Crippen LogP contribution in [0.3, 0.4) is 0 Å². The smallest absolute Gasteiger partial charge is 0.194 e. The van der Waals surface area contributed by atoms with Crippen LogP contribution < -0.4 is 5.32 Å². The van der Waals surface area contributed by atoms with E-state index in [0.717, 1.165) is 47.7 Å². The Balaban J connectivity index is 0.00000288. The fourth-order valence-corrected chi connectivity index (χ4v) is 2.65. The lowest BCUT2D eigenvalue weighted by atomic mass is 10.3. The van der Waals surface area contributed by atoms with Gasteiger partial charge in [0.05, 0.1) is 12.2 Å². The van der Waals surface area contributed by atoms with Gasteiger partial charge in [-0.3, -0.25) is 0 Å². The van der Waals surface area contributed by atoms with Crippen molar-refractivity contribution in [3.63, 3.8) is 0 Å². The van der Waals surface area contributed by atoms with E-state index in [2.05, 4.69) is 51.7 Å². The second kappa shape index (κ2) is 10.7. The summed E-state index contributed by atoms with van der Waals surface area (Å²) in [6.07, 6.45) is 8.07. The van der Waals surface area contributed by atoms with Crippen molar-refractivity contribution in [2.45, 2.75) is 26.3 Å². The first kappa shape index (κ1) is 21.0. The largest absolute Gasteiger partial charge is 0.357 e. The Labute approximate surface area is 169 Å². The predicted octanol–water partition coefficient (Wildman–Crippen LogP) is 4.08. The number of imidazole rings is 1. The zero-order chi connectivity index (χ0) is 16.7. The minimum absolute atomic E-state index is 0. The highest BCUT2D eigenvalue weighted by Gasteiger charge is 2.06. The number of allylic oxidation sites excluding steroid dienone is 1. The van der Waals surface area contributed by atoms with Crippen LogP contribution in [0.2, 0.25) is 0 Å². The topological polar surface area (TPSA) is 44.9 Å². The zero-order valence-electron chi connectivity index (χ0n) is 14.2. The molecule has 7 heteroatoms. The molecule has 0 aliphatic rings.